The first-order valence-corrected chi connectivity index (χ1v) is 10.1. The van der Waals surface area contributed by atoms with Crippen molar-refractivity contribution in [3.05, 3.63) is 71.3 Å². The van der Waals surface area contributed by atoms with Crippen molar-refractivity contribution >= 4 is 0 Å². The van der Waals surface area contributed by atoms with Crippen LogP contribution >= 0.6 is 0 Å². The van der Waals surface area contributed by atoms with Gasteiger partial charge in [-0.3, -0.25) is 0 Å². The minimum Gasteiger partial charge on any atom is -0.497 e. The summed E-state index contributed by atoms with van der Waals surface area (Å²) < 4.78 is 20.4. The summed E-state index contributed by atoms with van der Waals surface area (Å²) in [5, 5.41) is 12.6. The Morgan fingerprint density at radius 1 is 1.10 bits per heavy atom. The fourth-order valence-electron chi connectivity index (χ4n) is 4.08. The lowest BCUT2D eigenvalue weighted by Gasteiger charge is -2.33. The van der Waals surface area contributed by atoms with Gasteiger partial charge in [-0.05, 0) is 71.1 Å². The molecule has 2 heterocycles. The number of piperidine rings is 1. The molecule has 1 aromatic heterocycles. The van der Waals surface area contributed by atoms with E-state index >= 15 is 0 Å². The summed E-state index contributed by atoms with van der Waals surface area (Å²) in [5.41, 5.74) is 2.14. The van der Waals surface area contributed by atoms with Gasteiger partial charge in [0.05, 0.1) is 26.7 Å². The lowest BCUT2D eigenvalue weighted by molar-refractivity contribution is -0.932. The number of halogens is 1. The van der Waals surface area contributed by atoms with E-state index in [2.05, 4.69) is 34.6 Å². The number of quaternary nitrogens is 1. The number of ether oxygens (including phenoxy) is 1. The van der Waals surface area contributed by atoms with Crippen molar-refractivity contribution in [2.75, 3.05) is 20.2 Å². The minimum atomic E-state index is -0.242. The maximum absolute atomic E-state index is 13.3. The van der Waals surface area contributed by atoms with Gasteiger partial charge in [-0.2, -0.15) is 0 Å². The molecule has 7 heteroatoms. The minimum absolute atomic E-state index is 0.0452. The molecule has 0 aliphatic carbocycles. The van der Waals surface area contributed by atoms with E-state index in [4.69, 9.17) is 4.74 Å². The summed E-state index contributed by atoms with van der Waals surface area (Å²) in [7, 11) is 1.67. The average molecular weight is 396 g/mol. The highest BCUT2D eigenvalue weighted by molar-refractivity contribution is 5.30. The van der Waals surface area contributed by atoms with E-state index in [1.54, 1.807) is 19.2 Å². The van der Waals surface area contributed by atoms with Crippen LogP contribution in [0.3, 0.4) is 0 Å². The molecule has 1 N–H and O–H groups in total. The lowest BCUT2D eigenvalue weighted by Crippen LogP contribution is -3.13. The zero-order valence-corrected chi connectivity index (χ0v) is 16.9. The molecule has 1 aliphatic rings. The summed E-state index contributed by atoms with van der Waals surface area (Å²) in [6.07, 6.45) is 2.39. The molecule has 4 rings (SSSR count). The molecule has 0 unspecified atom stereocenters. The molecule has 0 bridgehead atoms. The number of nitrogens with one attached hydrogen (secondary N) is 1. The Morgan fingerprint density at radius 3 is 2.45 bits per heavy atom. The van der Waals surface area contributed by atoms with Gasteiger partial charge in [0, 0.05) is 5.56 Å². The highest BCUT2D eigenvalue weighted by Gasteiger charge is 2.34. The molecule has 29 heavy (non-hydrogen) atoms. The number of hydrogen-bond donors (Lipinski definition) is 1. The van der Waals surface area contributed by atoms with Crippen LogP contribution in [0.5, 0.6) is 5.75 Å². The number of aromatic nitrogens is 4. The third kappa shape index (κ3) is 4.45. The second-order valence-electron chi connectivity index (χ2n) is 7.87. The summed E-state index contributed by atoms with van der Waals surface area (Å²) >= 11 is 0. The molecule has 0 saturated carbocycles. The normalized spacial score (nSPS) is 20.4. The standard InChI is InChI=1S/C22H26FN5O/c1-16-11-13-27(14-12-16)21(18-5-9-20(29-2)10-6-18)22-24-25-26-28(22)15-17-3-7-19(23)8-4-17/h3-10,16,21H,11-15H2,1-2H3/p+1/t21-/m0/s1. The van der Waals surface area contributed by atoms with E-state index in [0.717, 1.165) is 36.1 Å². The molecule has 0 spiro atoms. The Balaban J connectivity index is 1.67. The van der Waals surface area contributed by atoms with E-state index in [9.17, 15) is 4.39 Å². The Morgan fingerprint density at radius 2 is 1.79 bits per heavy atom. The van der Waals surface area contributed by atoms with Gasteiger partial charge in [0.25, 0.3) is 0 Å². The number of hydrogen-bond acceptors (Lipinski definition) is 4. The van der Waals surface area contributed by atoms with E-state index in [1.165, 1.54) is 35.4 Å². The molecule has 3 aromatic rings. The van der Waals surface area contributed by atoms with Crippen LogP contribution in [0.4, 0.5) is 4.39 Å². The van der Waals surface area contributed by atoms with Gasteiger partial charge in [-0.15, -0.1) is 5.10 Å². The topological polar surface area (TPSA) is 57.3 Å². The van der Waals surface area contributed by atoms with Crippen molar-refractivity contribution < 1.29 is 14.0 Å². The van der Waals surface area contributed by atoms with Gasteiger partial charge in [0.15, 0.2) is 6.04 Å². The van der Waals surface area contributed by atoms with Crippen LogP contribution in [0, 0.1) is 11.7 Å². The fraction of sp³-hybridized carbons (Fsp3) is 0.409. The molecule has 0 amide bonds. The van der Waals surface area contributed by atoms with E-state index in [0.29, 0.717) is 6.54 Å². The first-order chi connectivity index (χ1) is 14.1. The first-order valence-electron chi connectivity index (χ1n) is 10.1. The Bertz CT molecular complexity index is 917. The number of nitrogens with zero attached hydrogens (tertiary/aromatic N) is 4. The largest absolute Gasteiger partial charge is 0.497 e. The van der Waals surface area contributed by atoms with Gasteiger partial charge in [0.1, 0.15) is 11.6 Å². The number of methoxy groups -OCH3 is 1. The monoisotopic (exact) mass is 396 g/mol. The third-order valence-electron chi connectivity index (χ3n) is 5.84. The molecule has 0 radical (unpaired) electrons. The van der Waals surface area contributed by atoms with Crippen LogP contribution in [0.15, 0.2) is 48.5 Å². The molecule has 6 nitrogen and oxygen atoms in total. The smallest absolute Gasteiger partial charge is 0.214 e. The van der Waals surface area contributed by atoms with Gasteiger partial charge >= 0.3 is 0 Å². The Labute approximate surface area is 170 Å². The first kappa shape index (κ1) is 19.5. The maximum atomic E-state index is 13.3. The third-order valence-corrected chi connectivity index (χ3v) is 5.84. The molecule has 1 saturated heterocycles. The van der Waals surface area contributed by atoms with Crippen molar-refractivity contribution in [3.63, 3.8) is 0 Å². The Hall–Kier alpha value is -2.80. The van der Waals surface area contributed by atoms with Crippen molar-refractivity contribution in [2.45, 2.75) is 32.4 Å². The van der Waals surface area contributed by atoms with Gasteiger partial charge in [-0.25, -0.2) is 9.07 Å². The molecular weight excluding hydrogens is 369 g/mol. The summed E-state index contributed by atoms with van der Waals surface area (Å²) in [5.74, 6) is 2.18. The van der Waals surface area contributed by atoms with Gasteiger partial charge < -0.3 is 9.64 Å². The second kappa shape index (κ2) is 8.69. The molecule has 1 aliphatic heterocycles. The van der Waals surface area contributed by atoms with Crippen LogP contribution in [-0.4, -0.2) is 40.4 Å². The molecule has 1 fully saturated rings. The summed E-state index contributed by atoms with van der Waals surface area (Å²) in [4.78, 5) is 1.48. The number of likely N-dealkylation sites (tertiary alicyclic amines) is 1. The second-order valence-corrected chi connectivity index (χ2v) is 7.87. The maximum Gasteiger partial charge on any atom is 0.214 e. The van der Waals surface area contributed by atoms with Gasteiger partial charge in [-0.1, -0.05) is 19.1 Å². The van der Waals surface area contributed by atoms with Crippen molar-refractivity contribution in [1.82, 2.24) is 20.2 Å². The van der Waals surface area contributed by atoms with Crippen LogP contribution in [0.1, 0.15) is 42.8 Å². The quantitative estimate of drug-likeness (QED) is 0.695. The predicted octanol–water partition coefficient (Wildman–Crippen LogP) is 2.27. The van der Waals surface area contributed by atoms with Crippen molar-refractivity contribution in [1.29, 1.82) is 0 Å². The van der Waals surface area contributed by atoms with Crippen LogP contribution < -0.4 is 9.64 Å². The highest BCUT2D eigenvalue weighted by atomic mass is 19.1. The van der Waals surface area contributed by atoms with Crippen LogP contribution in [0.25, 0.3) is 0 Å². The van der Waals surface area contributed by atoms with Crippen molar-refractivity contribution in [2.24, 2.45) is 5.92 Å². The number of rotatable bonds is 6. The van der Waals surface area contributed by atoms with Crippen LogP contribution in [0.2, 0.25) is 0 Å². The Kier molecular flexibility index (Phi) is 5.85. The average Bonchev–Trinajstić information content (AvgIpc) is 3.19. The molecule has 1 atom stereocenters. The molecular formula is C22H27FN5O+. The molecule has 2 aromatic carbocycles. The SMILES string of the molecule is COc1ccc([C@@H](c2nnnn2Cc2ccc(F)cc2)[NH+]2CCC(C)CC2)cc1. The van der Waals surface area contributed by atoms with Crippen LogP contribution in [-0.2, 0) is 6.54 Å². The van der Waals surface area contributed by atoms with E-state index in [1.807, 2.05) is 16.8 Å². The summed E-state index contributed by atoms with van der Waals surface area (Å²) in [6.45, 7) is 5.00. The number of tetrazole rings is 1. The highest BCUT2D eigenvalue weighted by Crippen LogP contribution is 2.22. The predicted molar refractivity (Wildman–Crippen MR) is 107 cm³/mol. The fourth-order valence-corrected chi connectivity index (χ4v) is 4.08. The zero-order chi connectivity index (χ0) is 20.2. The van der Waals surface area contributed by atoms with Gasteiger partial charge in [0.2, 0.25) is 5.82 Å². The van der Waals surface area contributed by atoms with E-state index < -0.39 is 0 Å². The lowest BCUT2D eigenvalue weighted by atomic mass is 9.95. The van der Waals surface area contributed by atoms with E-state index in [-0.39, 0.29) is 11.9 Å². The molecule has 152 valence electrons. The van der Waals surface area contributed by atoms with Crippen molar-refractivity contribution in [3.8, 4) is 5.75 Å². The zero-order valence-electron chi connectivity index (χ0n) is 16.9. The number of benzene rings is 2. The summed E-state index contributed by atoms with van der Waals surface area (Å²) in [6, 6.07) is 14.7.